The van der Waals surface area contributed by atoms with Crippen LogP contribution in [-0.2, 0) is 4.79 Å². The minimum atomic E-state index is -0.259. The normalized spacial score (nSPS) is 10.1. The predicted octanol–water partition coefficient (Wildman–Crippen LogP) is 3.70. The number of nitrogen functional groups attached to an aromatic ring is 1. The lowest BCUT2D eigenvalue weighted by Crippen LogP contribution is -2.20. The Morgan fingerprint density at radius 1 is 1.25 bits per heavy atom. The van der Waals surface area contributed by atoms with Gasteiger partial charge in [0.25, 0.3) is 5.91 Å². The molecule has 2 aromatic carbocycles. The summed E-state index contributed by atoms with van der Waals surface area (Å²) in [5.74, 6) is 0.325. The first-order valence-electron chi connectivity index (χ1n) is 5.78. The molecule has 0 spiro atoms. The lowest BCUT2D eigenvalue weighted by Gasteiger charge is -2.09. The summed E-state index contributed by atoms with van der Waals surface area (Å²) in [7, 11) is 0. The zero-order valence-electron chi connectivity index (χ0n) is 10.4. The van der Waals surface area contributed by atoms with Crippen LogP contribution in [0.25, 0.3) is 0 Å². The van der Waals surface area contributed by atoms with Crippen molar-refractivity contribution in [1.29, 1.82) is 0 Å². The molecule has 0 bridgehead atoms. The lowest BCUT2D eigenvalue weighted by atomic mass is 10.3. The van der Waals surface area contributed by atoms with E-state index in [9.17, 15) is 4.79 Å². The fraction of sp³-hybridized carbons (Fsp3) is 0.0714. The van der Waals surface area contributed by atoms with Gasteiger partial charge in [-0.25, -0.2) is 0 Å². The predicted molar refractivity (Wildman–Crippen MR) is 84.1 cm³/mol. The van der Waals surface area contributed by atoms with Crippen LogP contribution in [0.4, 0.5) is 11.4 Å². The van der Waals surface area contributed by atoms with E-state index in [0.717, 1.165) is 4.47 Å². The van der Waals surface area contributed by atoms with Gasteiger partial charge in [0.2, 0.25) is 0 Å². The molecule has 0 heterocycles. The summed E-state index contributed by atoms with van der Waals surface area (Å²) in [6.07, 6.45) is 0. The molecule has 0 fully saturated rings. The van der Waals surface area contributed by atoms with E-state index < -0.39 is 0 Å². The van der Waals surface area contributed by atoms with E-state index in [-0.39, 0.29) is 12.5 Å². The average molecular weight is 356 g/mol. The molecular weight excluding hydrogens is 344 g/mol. The van der Waals surface area contributed by atoms with Gasteiger partial charge in [0.05, 0.1) is 5.69 Å². The van der Waals surface area contributed by atoms with Gasteiger partial charge in [0, 0.05) is 15.2 Å². The number of rotatable bonds is 4. The van der Waals surface area contributed by atoms with E-state index in [1.54, 1.807) is 42.5 Å². The van der Waals surface area contributed by atoms with Gasteiger partial charge >= 0.3 is 0 Å². The maximum atomic E-state index is 11.8. The van der Waals surface area contributed by atoms with Crippen LogP contribution >= 0.6 is 27.5 Å². The number of hydrogen-bond donors (Lipinski definition) is 2. The molecule has 0 saturated carbocycles. The Kier molecular flexibility index (Phi) is 4.87. The second-order valence-electron chi connectivity index (χ2n) is 4.03. The minimum absolute atomic E-state index is 0.0849. The quantitative estimate of drug-likeness (QED) is 0.822. The molecule has 0 aliphatic rings. The molecule has 20 heavy (non-hydrogen) atoms. The average Bonchev–Trinajstić information content (AvgIpc) is 2.41. The maximum absolute atomic E-state index is 11.8. The third kappa shape index (κ3) is 4.15. The molecule has 4 nitrogen and oxygen atoms in total. The summed E-state index contributed by atoms with van der Waals surface area (Å²) in [6, 6.07) is 12.0. The smallest absolute Gasteiger partial charge is 0.262 e. The van der Waals surface area contributed by atoms with Gasteiger partial charge in [0.1, 0.15) is 5.75 Å². The number of anilines is 2. The van der Waals surface area contributed by atoms with Crippen molar-refractivity contribution in [3.8, 4) is 5.75 Å². The van der Waals surface area contributed by atoms with Crippen LogP contribution in [0.3, 0.4) is 0 Å². The monoisotopic (exact) mass is 354 g/mol. The first kappa shape index (κ1) is 14.7. The number of hydrogen-bond acceptors (Lipinski definition) is 3. The number of carbonyl (C=O) groups excluding carboxylic acids is 1. The van der Waals surface area contributed by atoms with E-state index in [0.29, 0.717) is 22.1 Å². The number of amides is 1. The van der Waals surface area contributed by atoms with Crippen molar-refractivity contribution in [2.24, 2.45) is 0 Å². The Bertz CT molecular complexity index is 617. The lowest BCUT2D eigenvalue weighted by molar-refractivity contribution is -0.118. The number of halogens is 2. The molecule has 0 aliphatic carbocycles. The molecule has 0 unspecified atom stereocenters. The van der Waals surface area contributed by atoms with E-state index >= 15 is 0 Å². The molecule has 0 radical (unpaired) electrons. The molecule has 0 aromatic heterocycles. The van der Waals surface area contributed by atoms with Crippen molar-refractivity contribution >= 4 is 44.8 Å². The Morgan fingerprint density at radius 3 is 2.60 bits per heavy atom. The topological polar surface area (TPSA) is 64.3 Å². The van der Waals surface area contributed by atoms with Crippen LogP contribution in [0.15, 0.2) is 46.9 Å². The molecule has 0 aliphatic heterocycles. The van der Waals surface area contributed by atoms with E-state index in [4.69, 9.17) is 22.1 Å². The highest BCUT2D eigenvalue weighted by atomic mass is 79.9. The molecule has 6 heteroatoms. The van der Waals surface area contributed by atoms with Gasteiger partial charge in [-0.1, -0.05) is 11.6 Å². The first-order chi connectivity index (χ1) is 9.54. The molecule has 104 valence electrons. The van der Waals surface area contributed by atoms with Crippen molar-refractivity contribution in [1.82, 2.24) is 0 Å². The van der Waals surface area contributed by atoms with Gasteiger partial charge in [0.15, 0.2) is 6.61 Å². The number of benzene rings is 2. The van der Waals surface area contributed by atoms with Crippen molar-refractivity contribution in [3.63, 3.8) is 0 Å². The summed E-state index contributed by atoms with van der Waals surface area (Å²) in [4.78, 5) is 11.8. The van der Waals surface area contributed by atoms with Crippen LogP contribution in [0.1, 0.15) is 0 Å². The third-order valence-electron chi connectivity index (χ3n) is 2.45. The summed E-state index contributed by atoms with van der Waals surface area (Å²) in [5, 5.41) is 3.34. The van der Waals surface area contributed by atoms with E-state index in [1.807, 2.05) is 0 Å². The molecule has 2 rings (SSSR count). The fourth-order valence-electron chi connectivity index (χ4n) is 1.50. The van der Waals surface area contributed by atoms with Gasteiger partial charge in [-0.05, 0) is 58.4 Å². The number of carbonyl (C=O) groups is 1. The molecule has 1 amide bonds. The standard InChI is InChI=1S/C14H12BrClN2O2/c15-12-7-10(17)3-6-13(12)18-14(19)8-20-11-4-1-9(16)2-5-11/h1-7H,8,17H2,(H,18,19). The van der Waals surface area contributed by atoms with Crippen molar-refractivity contribution in [3.05, 3.63) is 52.0 Å². The first-order valence-corrected chi connectivity index (χ1v) is 6.95. The van der Waals surface area contributed by atoms with Crippen LogP contribution < -0.4 is 15.8 Å². The number of nitrogens with two attached hydrogens (primary N) is 1. The van der Waals surface area contributed by atoms with Crippen LogP contribution in [0, 0.1) is 0 Å². The Balaban J connectivity index is 1.90. The van der Waals surface area contributed by atoms with Crippen LogP contribution in [0.5, 0.6) is 5.75 Å². The number of ether oxygens (including phenoxy) is 1. The molecule has 2 aromatic rings. The fourth-order valence-corrected chi connectivity index (χ4v) is 2.12. The third-order valence-corrected chi connectivity index (χ3v) is 3.36. The molecule has 0 atom stereocenters. The van der Waals surface area contributed by atoms with E-state index in [2.05, 4.69) is 21.2 Å². The van der Waals surface area contributed by atoms with Crippen LogP contribution in [0.2, 0.25) is 5.02 Å². The highest BCUT2D eigenvalue weighted by Gasteiger charge is 2.06. The summed E-state index contributed by atoms with van der Waals surface area (Å²) in [5.41, 5.74) is 6.89. The van der Waals surface area contributed by atoms with Gasteiger partial charge in [-0.3, -0.25) is 4.79 Å². The second-order valence-corrected chi connectivity index (χ2v) is 5.32. The van der Waals surface area contributed by atoms with E-state index in [1.165, 1.54) is 0 Å². The Morgan fingerprint density at radius 2 is 1.95 bits per heavy atom. The summed E-state index contributed by atoms with van der Waals surface area (Å²) >= 11 is 9.09. The molecular formula is C14H12BrClN2O2. The maximum Gasteiger partial charge on any atom is 0.262 e. The van der Waals surface area contributed by atoms with Gasteiger partial charge < -0.3 is 15.8 Å². The zero-order valence-corrected chi connectivity index (χ0v) is 12.7. The summed E-state index contributed by atoms with van der Waals surface area (Å²) in [6.45, 7) is -0.0849. The van der Waals surface area contributed by atoms with Gasteiger partial charge in [-0.15, -0.1) is 0 Å². The number of nitrogens with one attached hydrogen (secondary N) is 1. The van der Waals surface area contributed by atoms with Crippen molar-refractivity contribution in [2.45, 2.75) is 0 Å². The van der Waals surface area contributed by atoms with Crippen LogP contribution in [-0.4, -0.2) is 12.5 Å². The highest BCUT2D eigenvalue weighted by molar-refractivity contribution is 9.10. The van der Waals surface area contributed by atoms with Crippen molar-refractivity contribution < 1.29 is 9.53 Å². The Labute approximate surface area is 130 Å². The zero-order chi connectivity index (χ0) is 14.5. The largest absolute Gasteiger partial charge is 0.484 e. The second kappa shape index (κ2) is 6.63. The Hall–Kier alpha value is -1.72. The van der Waals surface area contributed by atoms with Gasteiger partial charge in [-0.2, -0.15) is 0 Å². The molecule has 0 saturated heterocycles. The SMILES string of the molecule is Nc1ccc(NC(=O)COc2ccc(Cl)cc2)c(Br)c1. The van der Waals surface area contributed by atoms with Crippen molar-refractivity contribution in [2.75, 3.05) is 17.7 Å². The summed E-state index contributed by atoms with van der Waals surface area (Å²) < 4.78 is 6.07. The minimum Gasteiger partial charge on any atom is -0.484 e. The molecule has 3 N–H and O–H groups in total. The highest BCUT2D eigenvalue weighted by Crippen LogP contribution is 2.24.